The van der Waals surface area contributed by atoms with Crippen LogP contribution < -0.4 is 4.90 Å². The average Bonchev–Trinajstić information content (AvgIpc) is 2.26. The number of rotatable bonds is 3. The van der Waals surface area contributed by atoms with Crippen molar-refractivity contribution in [3.05, 3.63) is 29.8 Å². The van der Waals surface area contributed by atoms with Gasteiger partial charge < -0.3 is 9.80 Å². The Bertz CT molecular complexity index is 320. The van der Waals surface area contributed by atoms with E-state index >= 15 is 0 Å². The van der Waals surface area contributed by atoms with Gasteiger partial charge in [0.2, 0.25) is 0 Å². The first-order chi connectivity index (χ1) is 7.27. The van der Waals surface area contributed by atoms with Crippen molar-refractivity contribution in [3.8, 4) is 0 Å². The van der Waals surface area contributed by atoms with Gasteiger partial charge in [0.25, 0.3) is 0 Å². The molecular weight excluding hydrogens is 184 g/mol. The Morgan fingerprint density at radius 3 is 3.13 bits per heavy atom. The van der Waals surface area contributed by atoms with E-state index in [4.69, 9.17) is 0 Å². The first kappa shape index (κ1) is 10.5. The molecule has 81 valence electrons. The van der Waals surface area contributed by atoms with Gasteiger partial charge in [-0.2, -0.15) is 0 Å². The molecule has 0 unspecified atom stereocenters. The Balaban J connectivity index is 2.08. The summed E-state index contributed by atoms with van der Waals surface area (Å²) in [4.78, 5) is 4.72. The summed E-state index contributed by atoms with van der Waals surface area (Å²) in [6, 6.07) is 9.54. The lowest BCUT2D eigenvalue weighted by Crippen LogP contribution is -2.35. The molecule has 2 nitrogen and oxygen atoms in total. The molecule has 0 N–H and O–H groups in total. The summed E-state index contributed by atoms with van der Waals surface area (Å²) in [6.45, 7) is 3.44. The predicted octanol–water partition coefficient (Wildman–Crippen LogP) is 1.80. The maximum absolute atomic E-state index is 3.18. The fourth-order valence-electron chi connectivity index (χ4n) is 2.09. The summed E-state index contributed by atoms with van der Waals surface area (Å²) in [6.07, 6.45) is 2.51. The first-order valence-electron chi connectivity index (χ1n) is 5.66. The lowest BCUT2D eigenvalue weighted by molar-refractivity contribution is 0.411. The normalized spacial score (nSPS) is 15.5. The smallest absolute Gasteiger partial charge is 0.0405 e. The summed E-state index contributed by atoms with van der Waals surface area (Å²) in [7, 11) is 4.25. The van der Waals surface area contributed by atoms with E-state index in [0.29, 0.717) is 0 Å². The molecule has 0 atom stereocenters. The number of fused-ring (bicyclic) bond motifs is 1. The van der Waals surface area contributed by atoms with Crippen LogP contribution in [0.1, 0.15) is 12.0 Å². The Labute approximate surface area is 92.5 Å². The fourth-order valence-corrected chi connectivity index (χ4v) is 2.09. The third-order valence-electron chi connectivity index (χ3n) is 2.96. The molecule has 0 aliphatic carbocycles. The van der Waals surface area contributed by atoms with Crippen molar-refractivity contribution in [2.75, 3.05) is 38.6 Å². The van der Waals surface area contributed by atoms with Crippen molar-refractivity contribution in [2.45, 2.75) is 12.8 Å². The third kappa shape index (κ3) is 2.51. The highest BCUT2D eigenvalue weighted by Gasteiger charge is 2.15. The molecule has 0 spiro atoms. The zero-order valence-corrected chi connectivity index (χ0v) is 9.66. The number of hydrogen-bond donors (Lipinski definition) is 0. The SMILES string of the molecule is CN(C)CCN1CCCc2cc[c]cc21. The summed E-state index contributed by atoms with van der Waals surface area (Å²) < 4.78 is 0. The van der Waals surface area contributed by atoms with Crippen LogP contribution in [-0.2, 0) is 6.42 Å². The molecule has 1 aromatic rings. The van der Waals surface area contributed by atoms with Crippen LogP contribution in [0.3, 0.4) is 0 Å². The van der Waals surface area contributed by atoms with Gasteiger partial charge >= 0.3 is 0 Å². The molecule has 0 amide bonds. The first-order valence-corrected chi connectivity index (χ1v) is 5.66. The molecule has 0 bridgehead atoms. The largest absolute Gasteiger partial charge is 0.370 e. The quantitative estimate of drug-likeness (QED) is 0.739. The third-order valence-corrected chi connectivity index (χ3v) is 2.96. The number of anilines is 1. The second kappa shape index (κ2) is 4.67. The van der Waals surface area contributed by atoms with Crippen LogP contribution in [0.2, 0.25) is 0 Å². The van der Waals surface area contributed by atoms with Gasteiger partial charge in [-0.25, -0.2) is 0 Å². The van der Waals surface area contributed by atoms with Gasteiger partial charge in [-0.15, -0.1) is 0 Å². The van der Waals surface area contributed by atoms with E-state index in [2.05, 4.69) is 42.1 Å². The number of hydrogen-bond acceptors (Lipinski definition) is 2. The van der Waals surface area contributed by atoms with Crippen LogP contribution in [0.5, 0.6) is 0 Å². The molecule has 0 fully saturated rings. The highest BCUT2D eigenvalue weighted by atomic mass is 15.2. The second-order valence-corrected chi connectivity index (χ2v) is 4.45. The summed E-state index contributed by atoms with van der Waals surface area (Å²) in [5.41, 5.74) is 2.88. The Morgan fingerprint density at radius 1 is 1.47 bits per heavy atom. The van der Waals surface area contributed by atoms with Crippen LogP contribution >= 0.6 is 0 Å². The van der Waals surface area contributed by atoms with Gasteiger partial charge in [-0.1, -0.05) is 12.1 Å². The van der Waals surface area contributed by atoms with Gasteiger partial charge in [-0.3, -0.25) is 0 Å². The van der Waals surface area contributed by atoms with E-state index in [-0.39, 0.29) is 0 Å². The van der Waals surface area contributed by atoms with E-state index in [0.717, 1.165) is 13.1 Å². The van der Waals surface area contributed by atoms with Crippen LogP contribution in [0.25, 0.3) is 0 Å². The van der Waals surface area contributed by atoms with Crippen molar-refractivity contribution in [2.24, 2.45) is 0 Å². The van der Waals surface area contributed by atoms with Crippen molar-refractivity contribution in [1.82, 2.24) is 4.90 Å². The molecule has 1 aliphatic rings. The Hall–Kier alpha value is -1.02. The Kier molecular flexibility index (Phi) is 3.27. The van der Waals surface area contributed by atoms with Crippen molar-refractivity contribution in [3.63, 3.8) is 0 Å². The minimum absolute atomic E-state index is 1.12. The standard InChI is InChI=1S/C13H19N2/c1-14(2)10-11-15-9-5-7-12-6-3-4-8-13(12)15/h3,6,8H,5,7,9-11H2,1-2H3. The summed E-state index contributed by atoms with van der Waals surface area (Å²) in [5, 5.41) is 0. The molecule has 1 aliphatic heterocycles. The Morgan fingerprint density at radius 2 is 2.33 bits per heavy atom. The lowest BCUT2D eigenvalue weighted by atomic mass is 10.0. The fraction of sp³-hybridized carbons (Fsp3) is 0.538. The predicted molar refractivity (Wildman–Crippen MR) is 64.4 cm³/mol. The van der Waals surface area contributed by atoms with Crippen LogP contribution in [0.4, 0.5) is 5.69 Å². The number of aryl methyl sites for hydroxylation is 1. The second-order valence-electron chi connectivity index (χ2n) is 4.45. The molecule has 1 aromatic carbocycles. The molecule has 2 rings (SSSR count). The lowest BCUT2D eigenvalue weighted by Gasteiger charge is -2.32. The minimum atomic E-state index is 1.12. The van der Waals surface area contributed by atoms with Crippen molar-refractivity contribution >= 4 is 5.69 Å². The number of benzene rings is 1. The van der Waals surface area contributed by atoms with E-state index in [9.17, 15) is 0 Å². The summed E-state index contributed by atoms with van der Waals surface area (Å²) in [5.74, 6) is 0. The number of nitrogens with zero attached hydrogens (tertiary/aromatic N) is 2. The monoisotopic (exact) mass is 203 g/mol. The zero-order valence-electron chi connectivity index (χ0n) is 9.66. The van der Waals surface area contributed by atoms with Gasteiger partial charge in [0.1, 0.15) is 0 Å². The van der Waals surface area contributed by atoms with Gasteiger partial charge in [0.15, 0.2) is 0 Å². The molecule has 0 saturated heterocycles. The highest BCUT2D eigenvalue weighted by Crippen LogP contribution is 2.25. The molecule has 0 aromatic heterocycles. The number of likely N-dealkylation sites (N-methyl/N-ethyl adjacent to an activating group) is 1. The molecular formula is C13H19N2. The average molecular weight is 203 g/mol. The maximum Gasteiger partial charge on any atom is 0.0405 e. The van der Waals surface area contributed by atoms with Crippen LogP contribution in [0.15, 0.2) is 18.2 Å². The van der Waals surface area contributed by atoms with E-state index in [1.165, 1.54) is 30.6 Å². The molecule has 1 heterocycles. The van der Waals surface area contributed by atoms with Gasteiger partial charge in [0, 0.05) is 25.3 Å². The summed E-state index contributed by atoms with van der Waals surface area (Å²) >= 11 is 0. The highest BCUT2D eigenvalue weighted by molar-refractivity contribution is 5.55. The molecule has 2 heteroatoms. The molecule has 1 radical (unpaired) electrons. The van der Waals surface area contributed by atoms with Crippen LogP contribution in [-0.4, -0.2) is 38.6 Å². The minimum Gasteiger partial charge on any atom is -0.370 e. The van der Waals surface area contributed by atoms with Crippen molar-refractivity contribution < 1.29 is 0 Å². The molecule has 0 saturated carbocycles. The van der Waals surface area contributed by atoms with E-state index in [1.54, 1.807) is 0 Å². The van der Waals surface area contributed by atoms with E-state index < -0.39 is 0 Å². The molecule has 15 heavy (non-hydrogen) atoms. The zero-order chi connectivity index (χ0) is 10.7. The van der Waals surface area contributed by atoms with Crippen molar-refractivity contribution in [1.29, 1.82) is 0 Å². The maximum atomic E-state index is 3.18. The van der Waals surface area contributed by atoms with Gasteiger partial charge in [0.05, 0.1) is 0 Å². The topological polar surface area (TPSA) is 6.48 Å². The van der Waals surface area contributed by atoms with E-state index in [1.807, 2.05) is 6.07 Å². The van der Waals surface area contributed by atoms with Crippen LogP contribution in [0, 0.1) is 6.07 Å². The van der Waals surface area contributed by atoms with Gasteiger partial charge in [-0.05, 0) is 44.6 Å².